The van der Waals surface area contributed by atoms with Gasteiger partial charge in [0.15, 0.2) is 23.1 Å². The molecule has 0 aliphatic heterocycles. The number of hydrogen-bond donors (Lipinski definition) is 0. The van der Waals surface area contributed by atoms with Gasteiger partial charge in [0.1, 0.15) is 16.9 Å². The molecule has 0 aliphatic carbocycles. The molecular formula is C41H23N5O2. The largest absolute Gasteiger partial charge is 0.454 e. The predicted molar refractivity (Wildman–Crippen MR) is 189 cm³/mol. The fourth-order valence-electron chi connectivity index (χ4n) is 6.66. The number of furan rings is 2. The van der Waals surface area contributed by atoms with Crippen molar-refractivity contribution in [3.05, 3.63) is 140 Å². The maximum atomic E-state index is 6.58. The predicted octanol–water partition coefficient (Wildman–Crippen LogP) is 10.3. The maximum absolute atomic E-state index is 6.58. The second-order valence-corrected chi connectivity index (χ2v) is 11.7. The third kappa shape index (κ3) is 4.11. The van der Waals surface area contributed by atoms with E-state index in [2.05, 4.69) is 35.3 Å². The number of nitrogens with zero attached hydrogens (tertiary/aromatic N) is 5. The van der Waals surface area contributed by atoms with Crippen LogP contribution in [-0.4, -0.2) is 24.9 Å². The lowest BCUT2D eigenvalue weighted by molar-refractivity contribution is 0.654. The third-order valence-electron chi connectivity index (χ3n) is 8.86. The van der Waals surface area contributed by atoms with Crippen molar-refractivity contribution in [2.75, 3.05) is 0 Å². The van der Waals surface area contributed by atoms with Gasteiger partial charge in [-0.25, -0.2) is 19.9 Å². The fourth-order valence-corrected chi connectivity index (χ4v) is 6.66. The standard InChI is InChI=1S/C41H23N5O2/c1-2-10-25(11-3-1)38-44-39(46-40(45-38)30-14-7-17-33-35(30)31-15-8-21-43-41(31)48-33)29-13-6-16-32-34(29)28-20-22-42-36(37(28)47-32)27-19-18-24-9-4-5-12-26(24)23-27/h1-23H. The van der Waals surface area contributed by atoms with E-state index in [-0.39, 0.29) is 0 Å². The van der Waals surface area contributed by atoms with Crippen LogP contribution in [0.25, 0.3) is 100 Å². The molecule has 224 valence electrons. The summed E-state index contributed by atoms with van der Waals surface area (Å²) < 4.78 is 12.7. The molecule has 10 rings (SSSR count). The number of aromatic nitrogens is 5. The smallest absolute Gasteiger partial charge is 0.227 e. The second-order valence-electron chi connectivity index (χ2n) is 11.7. The fraction of sp³-hybridized carbons (Fsp3) is 0. The van der Waals surface area contributed by atoms with Crippen molar-refractivity contribution in [1.29, 1.82) is 0 Å². The molecule has 5 heterocycles. The van der Waals surface area contributed by atoms with Crippen LogP contribution in [0.4, 0.5) is 0 Å². The van der Waals surface area contributed by atoms with Crippen LogP contribution in [0, 0.1) is 0 Å². The van der Waals surface area contributed by atoms with E-state index in [4.69, 9.17) is 28.8 Å². The summed E-state index contributed by atoms with van der Waals surface area (Å²) in [6.07, 6.45) is 3.57. The highest BCUT2D eigenvalue weighted by Crippen LogP contribution is 2.41. The molecule has 5 aromatic heterocycles. The molecule has 0 aliphatic rings. The summed E-state index contributed by atoms with van der Waals surface area (Å²) in [6, 6.07) is 42.5. The van der Waals surface area contributed by atoms with E-state index in [1.807, 2.05) is 103 Å². The van der Waals surface area contributed by atoms with Crippen LogP contribution >= 0.6 is 0 Å². The zero-order chi connectivity index (χ0) is 31.6. The van der Waals surface area contributed by atoms with E-state index in [9.17, 15) is 0 Å². The molecule has 10 aromatic rings. The molecule has 0 radical (unpaired) electrons. The lowest BCUT2D eigenvalue weighted by atomic mass is 10.0. The molecule has 7 nitrogen and oxygen atoms in total. The van der Waals surface area contributed by atoms with Gasteiger partial charge in [0.05, 0.1) is 0 Å². The van der Waals surface area contributed by atoms with Gasteiger partial charge in [0.25, 0.3) is 0 Å². The topological polar surface area (TPSA) is 90.7 Å². The SMILES string of the molecule is c1ccc(-c2nc(-c3cccc4oc5ncccc5c34)nc(-c3cccc4oc5c(-c6ccc7ccccc7c6)nccc5c34)n2)cc1. The third-order valence-corrected chi connectivity index (χ3v) is 8.86. The molecule has 0 atom stereocenters. The Morgan fingerprint density at radius 2 is 1.15 bits per heavy atom. The quantitative estimate of drug-likeness (QED) is 0.194. The van der Waals surface area contributed by atoms with Gasteiger partial charge in [0, 0.05) is 56.2 Å². The lowest BCUT2D eigenvalue weighted by Gasteiger charge is -2.10. The Morgan fingerprint density at radius 1 is 0.438 bits per heavy atom. The van der Waals surface area contributed by atoms with E-state index in [0.717, 1.165) is 71.6 Å². The van der Waals surface area contributed by atoms with E-state index >= 15 is 0 Å². The molecule has 5 aromatic carbocycles. The molecule has 0 saturated heterocycles. The van der Waals surface area contributed by atoms with Gasteiger partial charge in [-0.15, -0.1) is 0 Å². The molecule has 7 heteroatoms. The summed E-state index contributed by atoms with van der Waals surface area (Å²) in [7, 11) is 0. The van der Waals surface area contributed by atoms with Crippen molar-refractivity contribution < 1.29 is 8.83 Å². The first kappa shape index (κ1) is 26.5. The highest BCUT2D eigenvalue weighted by molar-refractivity contribution is 6.15. The molecule has 0 saturated carbocycles. The van der Waals surface area contributed by atoms with Crippen molar-refractivity contribution in [3.63, 3.8) is 0 Å². The number of pyridine rings is 2. The number of fused-ring (bicyclic) bond motifs is 7. The van der Waals surface area contributed by atoms with Gasteiger partial charge >= 0.3 is 0 Å². The molecule has 0 unspecified atom stereocenters. The zero-order valence-corrected chi connectivity index (χ0v) is 25.3. The van der Waals surface area contributed by atoms with Crippen molar-refractivity contribution >= 4 is 54.8 Å². The number of benzene rings is 5. The minimum atomic E-state index is 0.541. The first-order valence-electron chi connectivity index (χ1n) is 15.7. The average molecular weight is 618 g/mol. The van der Waals surface area contributed by atoms with Crippen molar-refractivity contribution in [3.8, 4) is 45.4 Å². The molecule has 48 heavy (non-hydrogen) atoms. The molecular weight excluding hydrogens is 594 g/mol. The summed E-state index contributed by atoms with van der Waals surface area (Å²) in [5.74, 6) is 1.65. The Labute approximate surface area is 273 Å². The Bertz CT molecular complexity index is 2860. The van der Waals surface area contributed by atoms with Crippen molar-refractivity contribution in [2.24, 2.45) is 0 Å². The van der Waals surface area contributed by atoms with Gasteiger partial charge < -0.3 is 8.83 Å². The summed E-state index contributed by atoms with van der Waals surface area (Å²) >= 11 is 0. The van der Waals surface area contributed by atoms with E-state index in [0.29, 0.717) is 23.2 Å². The van der Waals surface area contributed by atoms with Crippen LogP contribution in [0.5, 0.6) is 0 Å². The summed E-state index contributed by atoms with van der Waals surface area (Å²) in [5, 5.41) is 6.00. The monoisotopic (exact) mass is 617 g/mol. The van der Waals surface area contributed by atoms with Crippen LogP contribution in [0.3, 0.4) is 0 Å². The van der Waals surface area contributed by atoms with Gasteiger partial charge in [0.2, 0.25) is 5.71 Å². The number of hydrogen-bond acceptors (Lipinski definition) is 7. The van der Waals surface area contributed by atoms with Crippen molar-refractivity contribution in [1.82, 2.24) is 24.9 Å². The van der Waals surface area contributed by atoms with Gasteiger partial charge in [-0.1, -0.05) is 91.0 Å². The molecule has 0 spiro atoms. The highest BCUT2D eigenvalue weighted by atomic mass is 16.3. The maximum Gasteiger partial charge on any atom is 0.227 e. The molecule has 0 bridgehead atoms. The van der Waals surface area contributed by atoms with Gasteiger partial charge in [-0.2, -0.15) is 0 Å². The molecule has 0 amide bonds. The molecule has 0 fully saturated rings. The first-order chi connectivity index (χ1) is 23.8. The Hall–Kier alpha value is -6.73. The van der Waals surface area contributed by atoms with Gasteiger partial charge in [-0.3, -0.25) is 4.98 Å². The summed E-state index contributed by atoms with van der Waals surface area (Å²) in [5.41, 5.74) is 7.09. The first-order valence-corrected chi connectivity index (χ1v) is 15.7. The summed E-state index contributed by atoms with van der Waals surface area (Å²) in [6.45, 7) is 0. The van der Waals surface area contributed by atoms with Crippen LogP contribution < -0.4 is 0 Å². The van der Waals surface area contributed by atoms with Gasteiger partial charge in [-0.05, 0) is 47.2 Å². The number of rotatable bonds is 4. The van der Waals surface area contributed by atoms with E-state index in [1.165, 1.54) is 5.39 Å². The zero-order valence-electron chi connectivity index (χ0n) is 25.3. The van der Waals surface area contributed by atoms with Crippen LogP contribution in [0.1, 0.15) is 0 Å². The Kier molecular flexibility index (Phi) is 5.74. The minimum absolute atomic E-state index is 0.541. The van der Waals surface area contributed by atoms with Crippen LogP contribution in [-0.2, 0) is 0 Å². The lowest BCUT2D eigenvalue weighted by Crippen LogP contribution is -2.00. The minimum Gasteiger partial charge on any atom is -0.454 e. The average Bonchev–Trinajstić information content (AvgIpc) is 3.73. The molecule has 0 N–H and O–H groups in total. The van der Waals surface area contributed by atoms with Crippen molar-refractivity contribution in [2.45, 2.75) is 0 Å². The van der Waals surface area contributed by atoms with Crippen LogP contribution in [0.2, 0.25) is 0 Å². The normalized spacial score (nSPS) is 11.8. The Balaban J connectivity index is 1.23. The highest BCUT2D eigenvalue weighted by Gasteiger charge is 2.21. The second kappa shape index (κ2) is 10.4. The van der Waals surface area contributed by atoms with E-state index < -0.39 is 0 Å². The van der Waals surface area contributed by atoms with E-state index in [1.54, 1.807) is 6.20 Å². The summed E-state index contributed by atoms with van der Waals surface area (Å²) in [4.78, 5) is 24.5. The Morgan fingerprint density at radius 3 is 1.96 bits per heavy atom. The van der Waals surface area contributed by atoms with Crippen LogP contribution in [0.15, 0.2) is 149 Å².